The van der Waals surface area contributed by atoms with Crippen LogP contribution in [-0.2, 0) is 9.47 Å². The fourth-order valence-electron chi connectivity index (χ4n) is 1.14. The molecule has 0 spiro atoms. The largest absolute Gasteiger partial charge is 0.379 e. The molecule has 0 bridgehead atoms. The predicted molar refractivity (Wildman–Crippen MR) is 35.4 cm³/mol. The molecule has 9 heavy (non-hydrogen) atoms. The van der Waals surface area contributed by atoms with Gasteiger partial charge < -0.3 is 9.47 Å². The first-order valence-electron chi connectivity index (χ1n) is 3.31. The lowest BCUT2D eigenvalue weighted by Gasteiger charge is -2.14. The summed E-state index contributed by atoms with van der Waals surface area (Å²) in [5.41, 5.74) is 0.0423. The van der Waals surface area contributed by atoms with Gasteiger partial charge in [0.2, 0.25) is 0 Å². The van der Waals surface area contributed by atoms with Gasteiger partial charge in [-0.15, -0.1) is 0 Å². The van der Waals surface area contributed by atoms with E-state index in [1.165, 1.54) is 0 Å². The predicted octanol–water partition coefficient (Wildman–Crippen LogP) is 1.20. The minimum atomic E-state index is 0.0423. The normalized spacial score (nSPS) is 33.0. The minimum Gasteiger partial charge on any atom is -0.379 e. The average Bonchev–Trinajstić information content (AvgIpc) is 2.10. The van der Waals surface area contributed by atoms with Gasteiger partial charge in [-0.3, -0.25) is 0 Å². The molecule has 1 fully saturated rings. The van der Waals surface area contributed by atoms with Crippen molar-refractivity contribution < 1.29 is 9.47 Å². The van der Waals surface area contributed by atoms with Crippen molar-refractivity contribution in [3.8, 4) is 0 Å². The summed E-state index contributed by atoms with van der Waals surface area (Å²) in [6, 6.07) is 0. The molecule has 0 saturated carbocycles. The number of rotatable bonds is 1. The summed E-state index contributed by atoms with van der Waals surface area (Å²) < 4.78 is 10.5. The van der Waals surface area contributed by atoms with E-state index in [1.807, 2.05) is 0 Å². The maximum atomic E-state index is 5.42. The van der Waals surface area contributed by atoms with Crippen molar-refractivity contribution in [2.45, 2.75) is 32.0 Å². The van der Waals surface area contributed by atoms with E-state index in [9.17, 15) is 0 Å². The molecule has 1 aliphatic heterocycles. The van der Waals surface area contributed by atoms with Gasteiger partial charge in [0.1, 0.15) is 0 Å². The third kappa shape index (κ3) is 1.66. The standard InChI is InChI=1S/C7H14O2/c1-7(2)4-6(8-3)5-9-7/h6H,4-5H2,1-3H3/t6-/m1/s1. The smallest absolute Gasteiger partial charge is 0.0832 e. The van der Waals surface area contributed by atoms with Crippen LogP contribution in [0.25, 0.3) is 0 Å². The molecule has 2 nitrogen and oxygen atoms in total. The van der Waals surface area contributed by atoms with Gasteiger partial charge in [-0.2, -0.15) is 0 Å². The van der Waals surface area contributed by atoms with Crippen LogP contribution >= 0.6 is 0 Å². The molecule has 1 atom stereocenters. The molecule has 0 N–H and O–H groups in total. The highest BCUT2D eigenvalue weighted by Gasteiger charge is 2.31. The first-order chi connectivity index (χ1) is 4.14. The zero-order valence-electron chi connectivity index (χ0n) is 6.31. The summed E-state index contributed by atoms with van der Waals surface area (Å²) in [4.78, 5) is 0. The van der Waals surface area contributed by atoms with E-state index in [0.29, 0.717) is 6.10 Å². The molecular weight excluding hydrogens is 116 g/mol. The van der Waals surface area contributed by atoms with Gasteiger partial charge in [-0.25, -0.2) is 0 Å². The number of ether oxygens (including phenoxy) is 2. The quantitative estimate of drug-likeness (QED) is 0.531. The number of hydrogen-bond donors (Lipinski definition) is 0. The maximum Gasteiger partial charge on any atom is 0.0832 e. The second-order valence-electron chi connectivity index (χ2n) is 3.13. The SMILES string of the molecule is CO[C@H]1COC(C)(C)C1. The zero-order chi connectivity index (χ0) is 6.91. The molecular formula is C7H14O2. The molecule has 54 valence electrons. The van der Waals surface area contributed by atoms with Gasteiger partial charge in [0, 0.05) is 13.5 Å². The van der Waals surface area contributed by atoms with Crippen LogP contribution in [0.5, 0.6) is 0 Å². The molecule has 0 aromatic heterocycles. The number of methoxy groups -OCH3 is 1. The second-order valence-corrected chi connectivity index (χ2v) is 3.13. The van der Waals surface area contributed by atoms with Crippen LogP contribution in [0.2, 0.25) is 0 Å². The topological polar surface area (TPSA) is 18.5 Å². The Labute approximate surface area is 56.2 Å². The second kappa shape index (κ2) is 2.27. The maximum absolute atomic E-state index is 5.42. The first kappa shape index (κ1) is 7.03. The molecule has 1 saturated heterocycles. The summed E-state index contributed by atoms with van der Waals surface area (Å²) >= 11 is 0. The highest BCUT2D eigenvalue weighted by atomic mass is 16.6. The zero-order valence-corrected chi connectivity index (χ0v) is 6.31. The van der Waals surface area contributed by atoms with Crippen molar-refractivity contribution in [3.05, 3.63) is 0 Å². The lowest BCUT2D eigenvalue weighted by Crippen LogP contribution is -2.17. The first-order valence-corrected chi connectivity index (χ1v) is 3.31. The van der Waals surface area contributed by atoms with Crippen molar-refractivity contribution in [1.82, 2.24) is 0 Å². The van der Waals surface area contributed by atoms with E-state index in [2.05, 4.69) is 13.8 Å². The van der Waals surface area contributed by atoms with Crippen molar-refractivity contribution >= 4 is 0 Å². The van der Waals surface area contributed by atoms with Crippen LogP contribution in [0.4, 0.5) is 0 Å². The molecule has 0 aliphatic carbocycles. The molecule has 1 aliphatic rings. The van der Waals surface area contributed by atoms with Crippen molar-refractivity contribution in [1.29, 1.82) is 0 Å². The molecule has 0 unspecified atom stereocenters. The highest BCUT2D eigenvalue weighted by Crippen LogP contribution is 2.25. The van der Waals surface area contributed by atoms with Gasteiger partial charge >= 0.3 is 0 Å². The van der Waals surface area contributed by atoms with Crippen LogP contribution in [0, 0.1) is 0 Å². The fraction of sp³-hybridized carbons (Fsp3) is 1.00. The summed E-state index contributed by atoms with van der Waals surface area (Å²) in [7, 11) is 1.73. The molecule has 0 aromatic carbocycles. The summed E-state index contributed by atoms with van der Waals surface area (Å²) in [5.74, 6) is 0. The van der Waals surface area contributed by atoms with E-state index in [1.54, 1.807) is 7.11 Å². The lowest BCUT2D eigenvalue weighted by molar-refractivity contribution is 0.0261. The van der Waals surface area contributed by atoms with Gasteiger partial charge in [0.25, 0.3) is 0 Å². The fourth-order valence-corrected chi connectivity index (χ4v) is 1.14. The number of hydrogen-bond acceptors (Lipinski definition) is 2. The molecule has 0 radical (unpaired) electrons. The van der Waals surface area contributed by atoms with Gasteiger partial charge in [-0.05, 0) is 13.8 Å². The van der Waals surface area contributed by atoms with E-state index >= 15 is 0 Å². The Hall–Kier alpha value is -0.0800. The van der Waals surface area contributed by atoms with E-state index < -0.39 is 0 Å². The van der Waals surface area contributed by atoms with E-state index in [4.69, 9.17) is 9.47 Å². The summed E-state index contributed by atoms with van der Waals surface area (Å²) in [5, 5.41) is 0. The lowest BCUT2D eigenvalue weighted by atomic mass is 10.1. The van der Waals surface area contributed by atoms with E-state index in [-0.39, 0.29) is 5.60 Å². The Kier molecular flexibility index (Phi) is 1.78. The van der Waals surface area contributed by atoms with Crippen LogP contribution < -0.4 is 0 Å². The van der Waals surface area contributed by atoms with E-state index in [0.717, 1.165) is 13.0 Å². The van der Waals surface area contributed by atoms with Crippen LogP contribution in [0.3, 0.4) is 0 Å². The Morgan fingerprint density at radius 3 is 2.44 bits per heavy atom. The summed E-state index contributed by atoms with van der Waals surface area (Å²) in [6.45, 7) is 4.93. The van der Waals surface area contributed by atoms with Gasteiger partial charge in [-0.1, -0.05) is 0 Å². The van der Waals surface area contributed by atoms with Crippen molar-refractivity contribution in [2.75, 3.05) is 13.7 Å². The Balaban J connectivity index is 2.38. The van der Waals surface area contributed by atoms with Gasteiger partial charge in [0.15, 0.2) is 0 Å². The Morgan fingerprint density at radius 2 is 2.22 bits per heavy atom. The molecule has 0 amide bonds. The van der Waals surface area contributed by atoms with Crippen LogP contribution in [0.15, 0.2) is 0 Å². The van der Waals surface area contributed by atoms with Crippen LogP contribution in [-0.4, -0.2) is 25.4 Å². The van der Waals surface area contributed by atoms with Gasteiger partial charge in [0.05, 0.1) is 18.3 Å². The third-order valence-electron chi connectivity index (χ3n) is 1.71. The Morgan fingerprint density at radius 1 is 1.56 bits per heavy atom. The minimum absolute atomic E-state index is 0.0423. The van der Waals surface area contributed by atoms with Crippen molar-refractivity contribution in [2.24, 2.45) is 0 Å². The molecule has 1 rings (SSSR count). The van der Waals surface area contributed by atoms with Crippen LogP contribution in [0.1, 0.15) is 20.3 Å². The highest BCUT2D eigenvalue weighted by molar-refractivity contribution is 4.80. The van der Waals surface area contributed by atoms with Crippen molar-refractivity contribution in [3.63, 3.8) is 0 Å². The molecule has 2 heteroatoms. The molecule has 0 aromatic rings. The monoisotopic (exact) mass is 130 g/mol. The molecule has 1 heterocycles. The average molecular weight is 130 g/mol. The Bertz CT molecular complexity index is 99.1. The third-order valence-corrected chi connectivity index (χ3v) is 1.71. The summed E-state index contributed by atoms with van der Waals surface area (Å²) in [6.07, 6.45) is 1.34.